The number of nitrogens with one attached hydrogen (secondary N) is 1. The van der Waals surface area contributed by atoms with Crippen molar-refractivity contribution in [3.8, 4) is 0 Å². The monoisotopic (exact) mass is 405 g/mol. The minimum atomic E-state index is -3.86. The van der Waals surface area contributed by atoms with E-state index in [0.717, 1.165) is 18.1 Å². The summed E-state index contributed by atoms with van der Waals surface area (Å²) >= 11 is 0. The molecule has 1 aliphatic rings. The van der Waals surface area contributed by atoms with Crippen LogP contribution >= 0.6 is 0 Å². The summed E-state index contributed by atoms with van der Waals surface area (Å²) in [6, 6.07) is 9.12. The van der Waals surface area contributed by atoms with Crippen LogP contribution in [0.5, 0.6) is 0 Å². The molecule has 3 rings (SSSR count). The molecule has 1 unspecified atom stereocenters. The Morgan fingerprint density at radius 2 is 1.96 bits per heavy atom. The predicted molar refractivity (Wildman–Crippen MR) is 103 cm³/mol. The summed E-state index contributed by atoms with van der Waals surface area (Å²) in [7, 11) is -3.86. The van der Waals surface area contributed by atoms with Crippen LogP contribution in [0.25, 0.3) is 0 Å². The molecule has 1 aromatic heterocycles. The number of pyridine rings is 1. The Morgan fingerprint density at radius 1 is 1.21 bits per heavy atom. The number of rotatable bonds is 7. The molecule has 1 N–H and O–H groups in total. The Balaban J connectivity index is 1.52. The molecule has 1 aromatic carbocycles. The lowest BCUT2D eigenvalue weighted by Gasteiger charge is -2.32. The lowest BCUT2D eigenvalue weighted by atomic mass is 9.94. The Bertz CT molecular complexity index is 906. The number of sulfonamides is 1. The van der Waals surface area contributed by atoms with Gasteiger partial charge in [0.1, 0.15) is 10.7 Å². The summed E-state index contributed by atoms with van der Waals surface area (Å²) in [6.45, 7) is 1.13. The van der Waals surface area contributed by atoms with Crippen molar-refractivity contribution >= 4 is 15.9 Å². The highest BCUT2D eigenvalue weighted by Crippen LogP contribution is 2.27. The largest absolute Gasteiger partial charge is 0.352 e. The summed E-state index contributed by atoms with van der Waals surface area (Å²) < 4.78 is 40.8. The number of hydrogen-bond acceptors (Lipinski definition) is 4. The minimum Gasteiger partial charge on any atom is -0.352 e. The zero-order chi connectivity index (χ0) is 20.0. The van der Waals surface area contributed by atoms with E-state index in [1.54, 1.807) is 12.4 Å². The molecule has 0 aliphatic carbocycles. The molecule has 0 radical (unpaired) electrons. The van der Waals surface area contributed by atoms with Crippen molar-refractivity contribution in [1.29, 1.82) is 0 Å². The topological polar surface area (TPSA) is 79.4 Å². The first-order chi connectivity index (χ1) is 13.5. The smallest absolute Gasteiger partial charge is 0.245 e. The van der Waals surface area contributed by atoms with Gasteiger partial charge in [-0.15, -0.1) is 0 Å². The average molecular weight is 405 g/mol. The van der Waals surface area contributed by atoms with Crippen LogP contribution in [0.15, 0.2) is 53.7 Å². The third kappa shape index (κ3) is 5.14. The van der Waals surface area contributed by atoms with E-state index in [9.17, 15) is 17.6 Å². The number of nitrogens with zero attached hydrogens (tertiary/aromatic N) is 2. The Morgan fingerprint density at radius 3 is 2.71 bits per heavy atom. The van der Waals surface area contributed by atoms with Gasteiger partial charge in [0.15, 0.2) is 0 Å². The lowest BCUT2D eigenvalue weighted by molar-refractivity contribution is -0.121. The summed E-state index contributed by atoms with van der Waals surface area (Å²) in [4.78, 5) is 15.7. The molecule has 150 valence electrons. The van der Waals surface area contributed by atoms with Crippen molar-refractivity contribution in [1.82, 2.24) is 14.6 Å². The highest BCUT2D eigenvalue weighted by molar-refractivity contribution is 7.89. The maximum Gasteiger partial charge on any atom is 0.245 e. The number of carbonyl (C=O) groups excluding carboxylic acids is 1. The molecule has 0 bridgehead atoms. The standard InChI is InChI=1S/C20H24FN3O3S/c21-18-5-1-2-6-19(18)28(26,27)24-13-3-4-17(15-24)7-8-20(25)23-14-16-9-11-22-12-10-16/h1-2,5-6,9-12,17H,3-4,7-8,13-15H2,(H,23,25). The van der Waals surface area contributed by atoms with E-state index in [2.05, 4.69) is 10.3 Å². The van der Waals surface area contributed by atoms with Gasteiger partial charge in [0, 0.05) is 38.4 Å². The molecule has 1 amide bonds. The molecular weight excluding hydrogens is 381 g/mol. The predicted octanol–water partition coefficient (Wildman–Crippen LogP) is 2.72. The van der Waals surface area contributed by atoms with Crippen LogP contribution in [0, 0.1) is 11.7 Å². The van der Waals surface area contributed by atoms with Gasteiger partial charge in [0.05, 0.1) is 0 Å². The maximum absolute atomic E-state index is 14.0. The fourth-order valence-corrected chi connectivity index (χ4v) is 5.02. The van der Waals surface area contributed by atoms with Gasteiger partial charge >= 0.3 is 0 Å². The Hall–Kier alpha value is -2.32. The first-order valence-electron chi connectivity index (χ1n) is 9.37. The molecular formula is C20H24FN3O3S. The van der Waals surface area contributed by atoms with E-state index in [1.165, 1.54) is 22.5 Å². The van der Waals surface area contributed by atoms with Crippen LogP contribution in [0.3, 0.4) is 0 Å². The second kappa shape index (κ2) is 9.25. The van der Waals surface area contributed by atoms with Gasteiger partial charge in [0.25, 0.3) is 0 Å². The van der Waals surface area contributed by atoms with Gasteiger partial charge in [-0.1, -0.05) is 12.1 Å². The van der Waals surface area contributed by atoms with Crippen molar-refractivity contribution in [2.75, 3.05) is 13.1 Å². The molecule has 1 saturated heterocycles. The van der Waals surface area contributed by atoms with Crippen molar-refractivity contribution in [3.05, 3.63) is 60.2 Å². The summed E-state index contributed by atoms with van der Waals surface area (Å²) in [6.07, 6.45) is 5.86. The molecule has 6 nitrogen and oxygen atoms in total. The second-order valence-corrected chi connectivity index (χ2v) is 8.88. The average Bonchev–Trinajstić information content (AvgIpc) is 2.72. The highest BCUT2D eigenvalue weighted by Gasteiger charge is 2.31. The Labute approximate surface area is 164 Å². The number of benzene rings is 1. The molecule has 1 fully saturated rings. The van der Waals surface area contributed by atoms with E-state index >= 15 is 0 Å². The van der Waals surface area contributed by atoms with Crippen LogP contribution in [0.1, 0.15) is 31.2 Å². The van der Waals surface area contributed by atoms with Crippen LogP contribution in [-0.4, -0.2) is 36.7 Å². The quantitative estimate of drug-likeness (QED) is 0.768. The van der Waals surface area contributed by atoms with E-state index in [1.807, 2.05) is 12.1 Å². The third-order valence-electron chi connectivity index (χ3n) is 4.95. The lowest BCUT2D eigenvalue weighted by Crippen LogP contribution is -2.40. The summed E-state index contributed by atoms with van der Waals surface area (Å²) in [5.74, 6) is -0.715. The maximum atomic E-state index is 14.0. The summed E-state index contributed by atoms with van der Waals surface area (Å²) in [5.41, 5.74) is 0.975. The van der Waals surface area contributed by atoms with Crippen LogP contribution < -0.4 is 5.32 Å². The van der Waals surface area contributed by atoms with Crippen LogP contribution in [0.4, 0.5) is 4.39 Å². The second-order valence-electron chi connectivity index (χ2n) is 6.97. The van der Waals surface area contributed by atoms with E-state index in [0.29, 0.717) is 38.9 Å². The van der Waals surface area contributed by atoms with Gasteiger partial charge in [-0.2, -0.15) is 4.31 Å². The zero-order valence-corrected chi connectivity index (χ0v) is 16.4. The zero-order valence-electron chi connectivity index (χ0n) is 15.6. The van der Waals surface area contributed by atoms with Crippen molar-refractivity contribution in [2.24, 2.45) is 5.92 Å². The minimum absolute atomic E-state index is 0.0640. The van der Waals surface area contributed by atoms with Gasteiger partial charge in [-0.25, -0.2) is 12.8 Å². The molecule has 8 heteroatoms. The van der Waals surface area contributed by atoms with Gasteiger partial charge < -0.3 is 5.32 Å². The number of piperidine rings is 1. The fourth-order valence-electron chi connectivity index (χ4n) is 3.40. The number of amides is 1. The molecule has 28 heavy (non-hydrogen) atoms. The van der Waals surface area contributed by atoms with Gasteiger partial charge in [-0.3, -0.25) is 9.78 Å². The summed E-state index contributed by atoms with van der Waals surface area (Å²) in [5, 5.41) is 2.87. The molecule has 2 heterocycles. The normalized spacial score (nSPS) is 18.0. The molecule has 1 atom stereocenters. The molecule has 0 spiro atoms. The van der Waals surface area contributed by atoms with E-state index < -0.39 is 15.8 Å². The van der Waals surface area contributed by atoms with E-state index in [4.69, 9.17) is 0 Å². The Kier molecular flexibility index (Phi) is 6.74. The first kappa shape index (κ1) is 20.4. The number of halogens is 1. The van der Waals surface area contributed by atoms with Crippen molar-refractivity contribution in [2.45, 2.75) is 37.1 Å². The first-order valence-corrected chi connectivity index (χ1v) is 10.8. The van der Waals surface area contributed by atoms with Gasteiger partial charge in [0.2, 0.25) is 15.9 Å². The molecule has 2 aromatic rings. The molecule has 1 aliphatic heterocycles. The highest BCUT2D eigenvalue weighted by atomic mass is 32.2. The van der Waals surface area contributed by atoms with Crippen molar-refractivity contribution < 1.29 is 17.6 Å². The van der Waals surface area contributed by atoms with Gasteiger partial charge in [-0.05, 0) is 55.0 Å². The molecule has 0 saturated carbocycles. The fraction of sp³-hybridized carbons (Fsp3) is 0.400. The SMILES string of the molecule is O=C(CCC1CCCN(S(=O)(=O)c2ccccc2F)C1)NCc1ccncc1. The van der Waals surface area contributed by atoms with Crippen LogP contribution in [-0.2, 0) is 21.4 Å². The van der Waals surface area contributed by atoms with Crippen molar-refractivity contribution in [3.63, 3.8) is 0 Å². The third-order valence-corrected chi connectivity index (χ3v) is 6.85. The number of aromatic nitrogens is 1. The van der Waals surface area contributed by atoms with E-state index in [-0.39, 0.29) is 16.7 Å². The number of hydrogen-bond donors (Lipinski definition) is 1. The number of carbonyl (C=O) groups is 1. The van der Waals surface area contributed by atoms with Crippen LogP contribution in [0.2, 0.25) is 0 Å².